The molecule has 3 heteroatoms. The Labute approximate surface area is 152 Å². The summed E-state index contributed by atoms with van der Waals surface area (Å²) in [6, 6.07) is 18.9. The maximum absolute atomic E-state index is 12.7. The van der Waals surface area contributed by atoms with Crippen molar-refractivity contribution in [1.82, 2.24) is 10.2 Å². The molecule has 2 atom stereocenters. The highest BCUT2D eigenvalue weighted by Crippen LogP contribution is 2.21. The molecule has 0 aliphatic carbocycles. The van der Waals surface area contributed by atoms with Crippen LogP contribution in [0.1, 0.15) is 48.9 Å². The molecule has 0 unspecified atom stereocenters. The van der Waals surface area contributed by atoms with Crippen LogP contribution in [0.15, 0.2) is 54.6 Å². The molecule has 0 aliphatic rings. The summed E-state index contributed by atoms with van der Waals surface area (Å²) in [5.41, 5.74) is 3.65. The van der Waals surface area contributed by atoms with Crippen LogP contribution in [0.25, 0.3) is 0 Å². The van der Waals surface area contributed by atoms with E-state index in [4.69, 9.17) is 0 Å². The normalized spacial score (nSPS) is 13.5. The molecule has 0 bridgehead atoms. The summed E-state index contributed by atoms with van der Waals surface area (Å²) in [4.78, 5) is 14.9. The number of hydrogen-bond donors (Lipinski definition) is 1. The van der Waals surface area contributed by atoms with E-state index in [1.807, 2.05) is 30.3 Å². The Morgan fingerprint density at radius 3 is 2.12 bits per heavy atom. The lowest BCUT2D eigenvalue weighted by molar-refractivity contribution is -0.122. The molecular formula is C22H30N2O. The highest BCUT2D eigenvalue weighted by atomic mass is 16.1. The van der Waals surface area contributed by atoms with Crippen LogP contribution in [0.2, 0.25) is 0 Å². The molecule has 0 spiro atoms. The molecule has 2 aromatic rings. The number of nitrogens with zero attached hydrogens (tertiary/aromatic N) is 1. The van der Waals surface area contributed by atoms with Crippen LogP contribution in [0.3, 0.4) is 0 Å². The first-order valence-electron chi connectivity index (χ1n) is 9.14. The Morgan fingerprint density at radius 2 is 1.60 bits per heavy atom. The molecule has 0 saturated carbocycles. The van der Waals surface area contributed by atoms with Gasteiger partial charge < -0.3 is 10.2 Å². The second-order valence-corrected chi connectivity index (χ2v) is 6.69. The smallest absolute Gasteiger partial charge is 0.227 e. The number of nitrogens with one attached hydrogen (secondary N) is 1. The predicted molar refractivity (Wildman–Crippen MR) is 105 cm³/mol. The van der Waals surface area contributed by atoms with Gasteiger partial charge in [-0.2, -0.15) is 0 Å². The van der Waals surface area contributed by atoms with E-state index >= 15 is 0 Å². The van der Waals surface area contributed by atoms with E-state index < -0.39 is 0 Å². The van der Waals surface area contributed by atoms with Crippen molar-refractivity contribution in [3.63, 3.8) is 0 Å². The SMILES string of the molecule is CCc1ccc([C@@H](CNC(=O)[C@@H](CC)c2ccccc2)N(C)C)cc1. The first-order valence-corrected chi connectivity index (χ1v) is 9.14. The predicted octanol–water partition coefficient (Wildman–Crippen LogP) is 4.16. The Hall–Kier alpha value is -2.13. The Balaban J connectivity index is 2.05. The van der Waals surface area contributed by atoms with Crippen LogP contribution in [0.5, 0.6) is 0 Å². The standard InChI is InChI=1S/C22H30N2O/c1-5-17-12-14-19(15-13-17)21(24(3)4)16-23-22(25)20(6-2)18-10-8-7-9-11-18/h7-15,20-21H,5-6,16H2,1-4H3,(H,23,25)/t20-,21+/m0/s1. The molecular weight excluding hydrogens is 308 g/mol. The van der Waals surface area contributed by atoms with E-state index in [0.29, 0.717) is 6.54 Å². The minimum atomic E-state index is -0.0912. The molecule has 3 nitrogen and oxygen atoms in total. The lowest BCUT2D eigenvalue weighted by Gasteiger charge is -2.26. The molecule has 1 N–H and O–H groups in total. The summed E-state index contributed by atoms with van der Waals surface area (Å²) in [6.07, 6.45) is 1.84. The summed E-state index contributed by atoms with van der Waals surface area (Å²) in [7, 11) is 4.11. The number of carbonyl (C=O) groups is 1. The number of aryl methyl sites for hydroxylation is 1. The summed E-state index contributed by atoms with van der Waals surface area (Å²) in [5, 5.41) is 3.16. The van der Waals surface area contributed by atoms with Crippen LogP contribution in [0.4, 0.5) is 0 Å². The van der Waals surface area contributed by atoms with Gasteiger partial charge in [0.15, 0.2) is 0 Å². The zero-order chi connectivity index (χ0) is 18.2. The fraction of sp³-hybridized carbons (Fsp3) is 0.409. The Morgan fingerprint density at radius 1 is 0.960 bits per heavy atom. The Bertz CT molecular complexity index is 649. The summed E-state index contributed by atoms with van der Waals surface area (Å²) in [5.74, 6) is 0.0113. The van der Waals surface area contributed by atoms with E-state index in [9.17, 15) is 4.79 Å². The van der Waals surface area contributed by atoms with Gasteiger partial charge in [-0.05, 0) is 43.6 Å². The maximum Gasteiger partial charge on any atom is 0.227 e. The summed E-state index contributed by atoms with van der Waals surface area (Å²) in [6.45, 7) is 4.83. The lowest BCUT2D eigenvalue weighted by atomic mass is 9.95. The topological polar surface area (TPSA) is 32.3 Å². The van der Waals surface area contributed by atoms with E-state index in [-0.39, 0.29) is 17.9 Å². The minimum Gasteiger partial charge on any atom is -0.354 e. The highest BCUT2D eigenvalue weighted by molar-refractivity contribution is 5.83. The van der Waals surface area contributed by atoms with Crippen molar-refractivity contribution >= 4 is 5.91 Å². The van der Waals surface area contributed by atoms with E-state index in [1.165, 1.54) is 11.1 Å². The van der Waals surface area contributed by atoms with E-state index in [2.05, 4.69) is 62.4 Å². The van der Waals surface area contributed by atoms with Crippen LogP contribution in [-0.2, 0) is 11.2 Å². The average molecular weight is 338 g/mol. The van der Waals surface area contributed by atoms with E-state index in [1.54, 1.807) is 0 Å². The van der Waals surface area contributed by atoms with Crippen molar-refractivity contribution in [3.8, 4) is 0 Å². The van der Waals surface area contributed by atoms with Gasteiger partial charge in [0, 0.05) is 6.54 Å². The fourth-order valence-corrected chi connectivity index (χ4v) is 3.15. The average Bonchev–Trinajstić information content (AvgIpc) is 2.63. The quantitative estimate of drug-likeness (QED) is 0.784. The second kappa shape index (κ2) is 9.38. The Kier molecular flexibility index (Phi) is 7.20. The summed E-state index contributed by atoms with van der Waals surface area (Å²) < 4.78 is 0. The van der Waals surface area contributed by atoms with Crippen LogP contribution >= 0.6 is 0 Å². The second-order valence-electron chi connectivity index (χ2n) is 6.69. The third-order valence-electron chi connectivity index (χ3n) is 4.79. The molecule has 1 amide bonds. The minimum absolute atomic E-state index is 0.0912. The van der Waals surface area contributed by atoms with Crippen molar-refractivity contribution in [2.24, 2.45) is 0 Å². The van der Waals surface area contributed by atoms with Gasteiger partial charge in [0.05, 0.1) is 12.0 Å². The third kappa shape index (κ3) is 5.17. The molecule has 0 fully saturated rings. The first kappa shape index (κ1) is 19.2. The molecule has 2 rings (SSSR count). The van der Waals surface area contributed by atoms with Gasteiger partial charge in [0.1, 0.15) is 0 Å². The van der Waals surface area contributed by atoms with Crippen LogP contribution in [-0.4, -0.2) is 31.4 Å². The van der Waals surface area contributed by atoms with Crippen LogP contribution < -0.4 is 5.32 Å². The van der Waals surface area contributed by atoms with Crippen LogP contribution in [0, 0.1) is 0 Å². The molecule has 0 heterocycles. The number of hydrogen-bond acceptors (Lipinski definition) is 2. The largest absolute Gasteiger partial charge is 0.354 e. The summed E-state index contributed by atoms with van der Waals surface area (Å²) >= 11 is 0. The highest BCUT2D eigenvalue weighted by Gasteiger charge is 2.21. The van der Waals surface area contributed by atoms with Gasteiger partial charge >= 0.3 is 0 Å². The van der Waals surface area contributed by atoms with Crippen molar-refractivity contribution in [2.45, 2.75) is 38.6 Å². The molecule has 0 aliphatic heterocycles. The van der Waals surface area contributed by atoms with Gasteiger partial charge in [0.25, 0.3) is 0 Å². The van der Waals surface area contributed by atoms with Gasteiger partial charge in [-0.25, -0.2) is 0 Å². The number of rotatable bonds is 8. The fourth-order valence-electron chi connectivity index (χ4n) is 3.15. The molecule has 2 aromatic carbocycles. The molecule has 0 aromatic heterocycles. The van der Waals surface area contributed by atoms with Gasteiger partial charge in [-0.3, -0.25) is 4.79 Å². The number of carbonyl (C=O) groups excluding carboxylic acids is 1. The van der Waals surface area contributed by atoms with E-state index in [0.717, 1.165) is 18.4 Å². The lowest BCUT2D eigenvalue weighted by Crippen LogP contribution is -2.37. The number of likely N-dealkylation sites (N-methyl/N-ethyl adjacent to an activating group) is 1. The zero-order valence-electron chi connectivity index (χ0n) is 15.8. The van der Waals surface area contributed by atoms with Crippen molar-refractivity contribution in [1.29, 1.82) is 0 Å². The molecule has 0 radical (unpaired) electrons. The van der Waals surface area contributed by atoms with Crippen molar-refractivity contribution < 1.29 is 4.79 Å². The van der Waals surface area contributed by atoms with Crippen molar-refractivity contribution in [3.05, 3.63) is 71.3 Å². The maximum atomic E-state index is 12.7. The molecule has 0 saturated heterocycles. The zero-order valence-corrected chi connectivity index (χ0v) is 15.8. The third-order valence-corrected chi connectivity index (χ3v) is 4.79. The molecule has 134 valence electrons. The molecule has 25 heavy (non-hydrogen) atoms. The van der Waals surface area contributed by atoms with Crippen molar-refractivity contribution in [2.75, 3.05) is 20.6 Å². The van der Waals surface area contributed by atoms with Gasteiger partial charge in [-0.15, -0.1) is 0 Å². The number of benzene rings is 2. The van der Waals surface area contributed by atoms with Gasteiger partial charge in [0.2, 0.25) is 5.91 Å². The number of amides is 1. The van der Waals surface area contributed by atoms with Gasteiger partial charge in [-0.1, -0.05) is 68.4 Å². The first-order chi connectivity index (χ1) is 12.1. The monoisotopic (exact) mass is 338 g/mol.